The summed E-state index contributed by atoms with van der Waals surface area (Å²) in [6.45, 7) is 3.08. The molecule has 1 atom stereocenters. The molecule has 3 N–H and O–H groups in total. The molecule has 1 rings (SSSR count). The standard InChI is InChI=1S/C12H16ClFN2O2/c1-8(17)7-15-4-5-16-12(18)10-3-2-9(14)6-11(10)13/h2-3,6,8,15,17H,4-5,7H2,1H3,(H,16,18). The van der Waals surface area contributed by atoms with Crippen molar-refractivity contribution in [1.82, 2.24) is 10.6 Å². The van der Waals surface area contributed by atoms with E-state index in [9.17, 15) is 9.18 Å². The van der Waals surface area contributed by atoms with Gasteiger partial charge >= 0.3 is 0 Å². The van der Waals surface area contributed by atoms with Crippen LogP contribution in [0, 0.1) is 5.82 Å². The number of aliphatic hydroxyl groups is 1. The van der Waals surface area contributed by atoms with Gasteiger partial charge in [-0.1, -0.05) is 11.6 Å². The van der Waals surface area contributed by atoms with Gasteiger partial charge in [0.05, 0.1) is 16.7 Å². The number of rotatable bonds is 6. The van der Waals surface area contributed by atoms with E-state index in [0.29, 0.717) is 19.6 Å². The molecule has 6 heteroatoms. The molecule has 0 saturated carbocycles. The zero-order valence-electron chi connectivity index (χ0n) is 10.0. The Balaban J connectivity index is 2.36. The average Bonchev–Trinajstić information content (AvgIpc) is 2.27. The molecule has 0 aliphatic heterocycles. The summed E-state index contributed by atoms with van der Waals surface area (Å²) in [4.78, 5) is 11.7. The van der Waals surface area contributed by atoms with Crippen molar-refractivity contribution >= 4 is 17.5 Å². The number of hydrogen-bond donors (Lipinski definition) is 3. The van der Waals surface area contributed by atoms with Gasteiger partial charge in [0.25, 0.3) is 5.91 Å². The van der Waals surface area contributed by atoms with Gasteiger partial charge in [0, 0.05) is 19.6 Å². The van der Waals surface area contributed by atoms with Crippen LogP contribution < -0.4 is 10.6 Å². The number of carbonyl (C=O) groups excluding carboxylic acids is 1. The molecule has 0 fully saturated rings. The van der Waals surface area contributed by atoms with Crippen LogP contribution in [0.2, 0.25) is 5.02 Å². The highest BCUT2D eigenvalue weighted by molar-refractivity contribution is 6.33. The van der Waals surface area contributed by atoms with E-state index in [0.717, 1.165) is 6.07 Å². The number of carbonyl (C=O) groups is 1. The molecule has 18 heavy (non-hydrogen) atoms. The molecule has 4 nitrogen and oxygen atoms in total. The molecule has 0 aliphatic carbocycles. The van der Waals surface area contributed by atoms with Crippen molar-refractivity contribution < 1.29 is 14.3 Å². The largest absolute Gasteiger partial charge is 0.392 e. The lowest BCUT2D eigenvalue weighted by molar-refractivity contribution is 0.0953. The molecule has 1 unspecified atom stereocenters. The molecule has 1 aromatic carbocycles. The highest BCUT2D eigenvalue weighted by Gasteiger charge is 2.10. The SMILES string of the molecule is CC(O)CNCCNC(=O)c1ccc(F)cc1Cl. The Bertz CT molecular complexity index is 413. The van der Waals surface area contributed by atoms with Crippen LogP contribution in [0.15, 0.2) is 18.2 Å². The molecule has 0 aliphatic rings. The van der Waals surface area contributed by atoms with Crippen molar-refractivity contribution in [2.45, 2.75) is 13.0 Å². The van der Waals surface area contributed by atoms with Crippen LogP contribution in [0.4, 0.5) is 4.39 Å². The second-order valence-corrected chi connectivity index (χ2v) is 4.34. The Morgan fingerprint density at radius 2 is 2.22 bits per heavy atom. The normalized spacial score (nSPS) is 12.2. The third kappa shape index (κ3) is 5.00. The van der Waals surface area contributed by atoms with Gasteiger partial charge in [-0.2, -0.15) is 0 Å². The molecule has 1 aromatic rings. The zero-order valence-corrected chi connectivity index (χ0v) is 10.8. The number of halogens is 2. The number of benzene rings is 1. The summed E-state index contributed by atoms with van der Waals surface area (Å²) in [5.74, 6) is -0.825. The zero-order chi connectivity index (χ0) is 13.5. The Morgan fingerprint density at radius 3 is 2.83 bits per heavy atom. The molecule has 0 aromatic heterocycles. The van der Waals surface area contributed by atoms with Crippen LogP contribution in [-0.4, -0.2) is 36.8 Å². The van der Waals surface area contributed by atoms with Crippen molar-refractivity contribution in [3.05, 3.63) is 34.6 Å². The summed E-state index contributed by atoms with van der Waals surface area (Å²) in [7, 11) is 0. The van der Waals surface area contributed by atoms with Crippen molar-refractivity contribution in [3.63, 3.8) is 0 Å². The monoisotopic (exact) mass is 274 g/mol. The predicted octanol–water partition coefficient (Wildman–Crippen LogP) is 1.18. The van der Waals surface area contributed by atoms with Crippen LogP contribution in [0.25, 0.3) is 0 Å². The molecule has 100 valence electrons. The highest BCUT2D eigenvalue weighted by Crippen LogP contribution is 2.16. The maximum absolute atomic E-state index is 12.8. The van der Waals surface area contributed by atoms with Gasteiger partial charge in [-0.15, -0.1) is 0 Å². The van der Waals surface area contributed by atoms with E-state index in [1.165, 1.54) is 12.1 Å². The van der Waals surface area contributed by atoms with Gasteiger partial charge in [0.1, 0.15) is 5.82 Å². The minimum Gasteiger partial charge on any atom is -0.392 e. The first-order valence-corrected chi connectivity index (χ1v) is 6.00. The summed E-state index contributed by atoms with van der Waals surface area (Å²) in [6.07, 6.45) is -0.424. The van der Waals surface area contributed by atoms with E-state index < -0.39 is 11.9 Å². The lowest BCUT2D eigenvalue weighted by Gasteiger charge is -2.09. The van der Waals surface area contributed by atoms with E-state index in [2.05, 4.69) is 10.6 Å². The van der Waals surface area contributed by atoms with Gasteiger partial charge in [-0.3, -0.25) is 4.79 Å². The Kier molecular flexibility index (Phi) is 6.04. The predicted molar refractivity (Wildman–Crippen MR) is 68.3 cm³/mol. The van der Waals surface area contributed by atoms with E-state index >= 15 is 0 Å². The highest BCUT2D eigenvalue weighted by atomic mass is 35.5. The maximum atomic E-state index is 12.8. The van der Waals surface area contributed by atoms with Gasteiger partial charge in [0.2, 0.25) is 0 Å². The summed E-state index contributed by atoms with van der Waals surface area (Å²) in [5, 5.41) is 14.7. The summed E-state index contributed by atoms with van der Waals surface area (Å²) in [5.41, 5.74) is 0.244. The lowest BCUT2D eigenvalue weighted by atomic mass is 10.2. The van der Waals surface area contributed by atoms with E-state index in [1.54, 1.807) is 6.92 Å². The molecular weight excluding hydrogens is 259 g/mol. The van der Waals surface area contributed by atoms with Gasteiger partial charge in [0.15, 0.2) is 0 Å². The minimum absolute atomic E-state index is 0.0874. The van der Waals surface area contributed by atoms with Crippen molar-refractivity contribution in [1.29, 1.82) is 0 Å². The number of amides is 1. The van der Waals surface area contributed by atoms with Gasteiger partial charge in [-0.25, -0.2) is 4.39 Å². The van der Waals surface area contributed by atoms with Crippen molar-refractivity contribution in [2.75, 3.05) is 19.6 Å². The molecular formula is C12H16ClFN2O2. The molecule has 0 radical (unpaired) electrons. The van der Waals surface area contributed by atoms with Crippen LogP contribution in [0.3, 0.4) is 0 Å². The third-order valence-electron chi connectivity index (χ3n) is 2.20. The van der Waals surface area contributed by atoms with Gasteiger partial charge < -0.3 is 15.7 Å². The second kappa shape index (κ2) is 7.31. The van der Waals surface area contributed by atoms with E-state index in [1.807, 2.05) is 0 Å². The topological polar surface area (TPSA) is 61.4 Å². The lowest BCUT2D eigenvalue weighted by Crippen LogP contribution is -2.34. The van der Waals surface area contributed by atoms with Crippen molar-refractivity contribution in [2.24, 2.45) is 0 Å². The quantitative estimate of drug-likeness (QED) is 0.683. The summed E-state index contributed by atoms with van der Waals surface area (Å²) >= 11 is 5.76. The fourth-order valence-corrected chi connectivity index (χ4v) is 1.60. The van der Waals surface area contributed by atoms with Crippen LogP contribution in [0.1, 0.15) is 17.3 Å². The number of aliphatic hydroxyl groups excluding tert-OH is 1. The average molecular weight is 275 g/mol. The number of hydrogen-bond acceptors (Lipinski definition) is 3. The first kappa shape index (κ1) is 14.9. The number of nitrogens with one attached hydrogen (secondary N) is 2. The summed E-state index contributed by atoms with van der Waals surface area (Å²) in [6, 6.07) is 3.63. The second-order valence-electron chi connectivity index (χ2n) is 3.93. The van der Waals surface area contributed by atoms with Crippen LogP contribution in [0.5, 0.6) is 0 Å². The Hall–Kier alpha value is -1.17. The fraction of sp³-hybridized carbons (Fsp3) is 0.417. The minimum atomic E-state index is -0.477. The van der Waals surface area contributed by atoms with Crippen LogP contribution in [-0.2, 0) is 0 Å². The molecule has 0 saturated heterocycles. The first-order chi connectivity index (χ1) is 8.50. The Labute approximate surface area is 110 Å². The first-order valence-electron chi connectivity index (χ1n) is 5.62. The van der Waals surface area contributed by atoms with Crippen molar-refractivity contribution in [3.8, 4) is 0 Å². The maximum Gasteiger partial charge on any atom is 0.252 e. The molecule has 0 spiro atoms. The van der Waals surface area contributed by atoms with E-state index in [-0.39, 0.29) is 16.5 Å². The third-order valence-corrected chi connectivity index (χ3v) is 2.52. The van der Waals surface area contributed by atoms with E-state index in [4.69, 9.17) is 16.7 Å². The molecule has 1 amide bonds. The Morgan fingerprint density at radius 1 is 1.50 bits per heavy atom. The smallest absolute Gasteiger partial charge is 0.252 e. The molecule has 0 heterocycles. The molecule has 0 bridgehead atoms. The van der Waals surface area contributed by atoms with Gasteiger partial charge in [-0.05, 0) is 25.1 Å². The fourth-order valence-electron chi connectivity index (χ4n) is 1.34. The summed E-state index contributed by atoms with van der Waals surface area (Å²) < 4.78 is 12.8. The van der Waals surface area contributed by atoms with Crippen LogP contribution >= 0.6 is 11.6 Å².